The van der Waals surface area contributed by atoms with Crippen LogP contribution in [0.15, 0.2) is 0 Å². The molecule has 2 aliphatic rings. The summed E-state index contributed by atoms with van der Waals surface area (Å²) in [7, 11) is 1.82. The van der Waals surface area contributed by atoms with Gasteiger partial charge in [0.1, 0.15) is 0 Å². The van der Waals surface area contributed by atoms with Crippen molar-refractivity contribution in [1.82, 2.24) is 4.90 Å². The van der Waals surface area contributed by atoms with Gasteiger partial charge in [-0.05, 0) is 31.7 Å². The van der Waals surface area contributed by atoms with Crippen LogP contribution in [-0.2, 0) is 9.47 Å². The standard InChI is InChI=1S/C13H26N2O2/c1-11-3-6-15(9-12(11)16-2)10-13(14)4-7-17-8-5-13/h11-12H,3-10,14H2,1-2H3. The van der Waals surface area contributed by atoms with Gasteiger partial charge < -0.3 is 15.2 Å². The second-order valence-corrected chi connectivity index (χ2v) is 5.75. The molecule has 100 valence electrons. The number of nitrogens with zero attached hydrogens (tertiary/aromatic N) is 1. The molecule has 0 aromatic carbocycles. The summed E-state index contributed by atoms with van der Waals surface area (Å²) in [6.45, 7) is 7.07. The van der Waals surface area contributed by atoms with Crippen molar-refractivity contribution >= 4 is 0 Å². The van der Waals surface area contributed by atoms with E-state index in [0.29, 0.717) is 12.0 Å². The third kappa shape index (κ3) is 3.41. The maximum absolute atomic E-state index is 6.45. The molecule has 17 heavy (non-hydrogen) atoms. The van der Waals surface area contributed by atoms with Crippen molar-refractivity contribution in [2.75, 3.05) is 40.0 Å². The van der Waals surface area contributed by atoms with Crippen molar-refractivity contribution in [2.45, 2.75) is 37.8 Å². The molecule has 0 aliphatic carbocycles. The maximum Gasteiger partial charge on any atom is 0.0724 e. The Labute approximate surface area is 104 Å². The predicted octanol–water partition coefficient (Wildman–Crippen LogP) is 0.851. The van der Waals surface area contributed by atoms with Gasteiger partial charge in [-0.15, -0.1) is 0 Å². The molecule has 4 heteroatoms. The molecule has 2 N–H and O–H groups in total. The van der Waals surface area contributed by atoms with Crippen LogP contribution in [-0.4, -0.2) is 56.5 Å². The molecular weight excluding hydrogens is 216 g/mol. The van der Waals surface area contributed by atoms with E-state index >= 15 is 0 Å². The van der Waals surface area contributed by atoms with Crippen LogP contribution in [0.25, 0.3) is 0 Å². The lowest BCUT2D eigenvalue weighted by Crippen LogP contribution is -2.56. The molecule has 2 atom stereocenters. The van der Waals surface area contributed by atoms with E-state index in [2.05, 4.69) is 11.8 Å². The molecule has 2 saturated heterocycles. The van der Waals surface area contributed by atoms with Crippen molar-refractivity contribution in [1.29, 1.82) is 0 Å². The lowest BCUT2D eigenvalue weighted by atomic mass is 9.88. The Morgan fingerprint density at radius 2 is 2.12 bits per heavy atom. The largest absolute Gasteiger partial charge is 0.381 e. The number of ether oxygens (including phenoxy) is 2. The van der Waals surface area contributed by atoms with Crippen LogP contribution in [0.4, 0.5) is 0 Å². The molecule has 0 bridgehead atoms. The molecule has 0 amide bonds. The molecular formula is C13H26N2O2. The highest BCUT2D eigenvalue weighted by atomic mass is 16.5. The fraction of sp³-hybridized carbons (Fsp3) is 1.00. The minimum Gasteiger partial charge on any atom is -0.381 e. The highest BCUT2D eigenvalue weighted by Crippen LogP contribution is 2.24. The fourth-order valence-electron chi connectivity index (χ4n) is 2.93. The minimum absolute atomic E-state index is 0.0445. The molecule has 0 radical (unpaired) electrons. The van der Waals surface area contributed by atoms with Crippen molar-refractivity contribution in [2.24, 2.45) is 11.7 Å². The Morgan fingerprint density at radius 3 is 2.76 bits per heavy atom. The summed E-state index contributed by atoms with van der Waals surface area (Å²) in [6.07, 6.45) is 3.55. The molecule has 2 heterocycles. The first kappa shape index (κ1) is 13.3. The van der Waals surface area contributed by atoms with Gasteiger partial charge in [-0.25, -0.2) is 0 Å². The van der Waals surface area contributed by atoms with Crippen LogP contribution in [0.5, 0.6) is 0 Å². The van der Waals surface area contributed by atoms with Crippen LogP contribution in [0.2, 0.25) is 0 Å². The maximum atomic E-state index is 6.45. The summed E-state index contributed by atoms with van der Waals surface area (Å²) in [5, 5.41) is 0. The second kappa shape index (κ2) is 5.65. The van der Waals surface area contributed by atoms with E-state index in [1.165, 1.54) is 6.42 Å². The molecule has 0 aromatic heterocycles. The summed E-state index contributed by atoms with van der Waals surface area (Å²) in [5.41, 5.74) is 6.40. The second-order valence-electron chi connectivity index (χ2n) is 5.75. The van der Waals surface area contributed by atoms with Gasteiger partial charge >= 0.3 is 0 Å². The molecule has 2 rings (SSSR count). The smallest absolute Gasteiger partial charge is 0.0724 e. The normalized spacial score (nSPS) is 34.8. The third-order valence-electron chi connectivity index (χ3n) is 4.30. The monoisotopic (exact) mass is 242 g/mol. The molecule has 4 nitrogen and oxygen atoms in total. The van der Waals surface area contributed by atoms with Gasteiger partial charge in [0.2, 0.25) is 0 Å². The Bertz CT molecular complexity index is 242. The van der Waals surface area contributed by atoms with Crippen LogP contribution < -0.4 is 5.73 Å². The van der Waals surface area contributed by atoms with E-state index in [0.717, 1.165) is 45.7 Å². The van der Waals surface area contributed by atoms with Crippen LogP contribution in [0.1, 0.15) is 26.2 Å². The van der Waals surface area contributed by atoms with Crippen molar-refractivity contribution < 1.29 is 9.47 Å². The van der Waals surface area contributed by atoms with Gasteiger partial charge in [-0.1, -0.05) is 6.92 Å². The van der Waals surface area contributed by atoms with Gasteiger partial charge in [0.25, 0.3) is 0 Å². The SMILES string of the molecule is COC1CN(CC2(N)CCOCC2)CCC1C. The molecule has 0 aromatic rings. The summed E-state index contributed by atoms with van der Waals surface area (Å²) >= 11 is 0. The quantitative estimate of drug-likeness (QED) is 0.797. The number of methoxy groups -OCH3 is 1. The van der Waals surface area contributed by atoms with E-state index in [1.807, 2.05) is 7.11 Å². The van der Waals surface area contributed by atoms with Crippen LogP contribution >= 0.6 is 0 Å². The Hall–Kier alpha value is -0.160. The van der Waals surface area contributed by atoms with Crippen molar-refractivity contribution in [3.63, 3.8) is 0 Å². The summed E-state index contributed by atoms with van der Waals surface area (Å²) in [6, 6.07) is 0. The summed E-state index contributed by atoms with van der Waals surface area (Å²) in [5.74, 6) is 0.666. The number of hydrogen-bond acceptors (Lipinski definition) is 4. The minimum atomic E-state index is -0.0445. The van der Waals surface area contributed by atoms with Crippen molar-refractivity contribution in [3.8, 4) is 0 Å². The van der Waals surface area contributed by atoms with E-state index in [1.54, 1.807) is 0 Å². The lowest BCUT2D eigenvalue weighted by Gasteiger charge is -2.42. The first-order valence-electron chi connectivity index (χ1n) is 6.75. The molecule has 0 spiro atoms. The number of piperidine rings is 1. The highest BCUT2D eigenvalue weighted by molar-refractivity contribution is 4.91. The molecule has 0 saturated carbocycles. The number of rotatable bonds is 3. The first-order chi connectivity index (χ1) is 8.13. The van der Waals surface area contributed by atoms with Gasteiger partial charge in [0.05, 0.1) is 6.10 Å². The predicted molar refractivity (Wildman–Crippen MR) is 68.0 cm³/mol. The fourth-order valence-corrected chi connectivity index (χ4v) is 2.93. The Morgan fingerprint density at radius 1 is 1.41 bits per heavy atom. The van der Waals surface area contributed by atoms with E-state index in [9.17, 15) is 0 Å². The van der Waals surface area contributed by atoms with Gasteiger partial charge in [-0.3, -0.25) is 4.90 Å². The topological polar surface area (TPSA) is 47.7 Å². The molecule has 2 fully saturated rings. The van der Waals surface area contributed by atoms with E-state index < -0.39 is 0 Å². The number of likely N-dealkylation sites (tertiary alicyclic amines) is 1. The van der Waals surface area contributed by atoms with Gasteiger partial charge in [0.15, 0.2) is 0 Å². The Kier molecular flexibility index (Phi) is 4.42. The van der Waals surface area contributed by atoms with E-state index in [-0.39, 0.29) is 5.54 Å². The molecule has 2 aliphatic heterocycles. The number of nitrogens with two attached hydrogens (primary N) is 1. The zero-order valence-electron chi connectivity index (χ0n) is 11.2. The zero-order chi connectivity index (χ0) is 12.3. The first-order valence-corrected chi connectivity index (χ1v) is 6.75. The van der Waals surface area contributed by atoms with Gasteiger partial charge in [-0.2, -0.15) is 0 Å². The third-order valence-corrected chi connectivity index (χ3v) is 4.30. The average molecular weight is 242 g/mol. The summed E-state index contributed by atoms with van der Waals surface area (Å²) < 4.78 is 10.9. The van der Waals surface area contributed by atoms with E-state index in [4.69, 9.17) is 15.2 Å². The average Bonchev–Trinajstić information content (AvgIpc) is 2.32. The van der Waals surface area contributed by atoms with Crippen LogP contribution in [0, 0.1) is 5.92 Å². The van der Waals surface area contributed by atoms with Gasteiger partial charge in [0, 0.05) is 39.0 Å². The number of hydrogen-bond donors (Lipinski definition) is 1. The lowest BCUT2D eigenvalue weighted by molar-refractivity contribution is -0.0225. The molecule has 2 unspecified atom stereocenters. The zero-order valence-corrected chi connectivity index (χ0v) is 11.2. The Balaban J connectivity index is 1.86. The highest BCUT2D eigenvalue weighted by Gasteiger charge is 2.33. The van der Waals surface area contributed by atoms with Crippen molar-refractivity contribution in [3.05, 3.63) is 0 Å². The van der Waals surface area contributed by atoms with Crippen LogP contribution in [0.3, 0.4) is 0 Å². The summed E-state index contributed by atoms with van der Waals surface area (Å²) in [4.78, 5) is 2.47.